The fraction of sp³-hybridized carbons (Fsp3) is 0.571. The number of hydrogen-bond donors (Lipinski definition) is 1. The highest BCUT2D eigenvalue weighted by Crippen LogP contribution is 2.29. The van der Waals surface area contributed by atoms with Gasteiger partial charge in [-0.1, -0.05) is 36.7 Å². The van der Waals surface area contributed by atoms with Gasteiger partial charge in [0.2, 0.25) is 10.0 Å². The molecule has 1 aromatic rings. The molecule has 0 amide bonds. The highest BCUT2D eigenvalue weighted by molar-refractivity contribution is 9.10. The molecule has 0 radical (unpaired) electrons. The molecular weight excluding hydrogens is 345 g/mol. The van der Waals surface area contributed by atoms with Crippen LogP contribution in [0.25, 0.3) is 0 Å². The molecule has 0 spiro atoms. The first-order valence-electron chi connectivity index (χ1n) is 6.31. The Labute approximate surface area is 129 Å². The van der Waals surface area contributed by atoms with Crippen LogP contribution in [0.3, 0.4) is 0 Å². The second kappa shape index (κ2) is 5.73. The van der Waals surface area contributed by atoms with Gasteiger partial charge < -0.3 is 0 Å². The molecule has 1 rings (SSSR count). The summed E-state index contributed by atoms with van der Waals surface area (Å²) in [6, 6.07) is 3.91. The lowest BCUT2D eigenvalue weighted by Crippen LogP contribution is -2.45. The predicted molar refractivity (Wildman–Crippen MR) is 82.6 cm³/mol. The summed E-state index contributed by atoms with van der Waals surface area (Å²) < 4.78 is 41.5. The van der Waals surface area contributed by atoms with Crippen molar-refractivity contribution in [3.05, 3.63) is 28.5 Å². The van der Waals surface area contributed by atoms with Crippen LogP contribution in [0.2, 0.25) is 0 Å². The number of sulfonamides is 1. The molecule has 6 heteroatoms. The average Bonchev–Trinajstić information content (AvgIpc) is 2.09. The summed E-state index contributed by atoms with van der Waals surface area (Å²) in [5.74, 6) is -0.765. The van der Waals surface area contributed by atoms with E-state index in [1.807, 2.05) is 20.8 Å². The fourth-order valence-electron chi connectivity index (χ4n) is 2.47. The summed E-state index contributed by atoms with van der Waals surface area (Å²) in [6.45, 7) is 9.69. The second-order valence-corrected chi connectivity index (χ2v) is 9.37. The molecule has 0 bridgehead atoms. The van der Waals surface area contributed by atoms with Gasteiger partial charge in [-0.25, -0.2) is 17.5 Å². The molecule has 3 nitrogen and oxygen atoms in total. The van der Waals surface area contributed by atoms with Gasteiger partial charge in [-0.2, -0.15) is 0 Å². The number of nitrogens with one attached hydrogen (secondary N) is 1. The van der Waals surface area contributed by atoms with Crippen molar-refractivity contribution in [3.63, 3.8) is 0 Å². The highest BCUT2D eigenvalue weighted by Gasteiger charge is 2.31. The van der Waals surface area contributed by atoms with Crippen molar-refractivity contribution in [1.29, 1.82) is 0 Å². The van der Waals surface area contributed by atoms with Gasteiger partial charge in [-0.15, -0.1) is 0 Å². The van der Waals surface area contributed by atoms with Crippen molar-refractivity contribution in [2.24, 2.45) is 5.41 Å². The van der Waals surface area contributed by atoms with Crippen LogP contribution >= 0.6 is 15.9 Å². The first kappa shape index (κ1) is 17.6. The Morgan fingerprint density at radius 1 is 1.20 bits per heavy atom. The van der Waals surface area contributed by atoms with Crippen molar-refractivity contribution in [1.82, 2.24) is 4.72 Å². The lowest BCUT2D eigenvalue weighted by molar-refractivity contribution is 0.269. The summed E-state index contributed by atoms with van der Waals surface area (Å²) in [6.07, 6.45) is 0.636. The van der Waals surface area contributed by atoms with Gasteiger partial charge in [0.25, 0.3) is 0 Å². The van der Waals surface area contributed by atoms with Crippen molar-refractivity contribution < 1.29 is 12.8 Å². The molecule has 0 saturated heterocycles. The lowest BCUT2D eigenvalue weighted by atomic mass is 9.82. The fourth-order valence-corrected chi connectivity index (χ4v) is 4.28. The van der Waals surface area contributed by atoms with Gasteiger partial charge in [0.1, 0.15) is 10.7 Å². The minimum Gasteiger partial charge on any atom is -0.207 e. The van der Waals surface area contributed by atoms with Crippen molar-refractivity contribution in [2.45, 2.75) is 51.5 Å². The largest absolute Gasteiger partial charge is 0.243 e. The SMILES string of the molecule is CC(C)(C)CC(C)(C)NS(=O)(=O)c1ccc(Br)cc1F. The monoisotopic (exact) mass is 365 g/mol. The van der Waals surface area contributed by atoms with E-state index in [0.717, 1.165) is 6.07 Å². The van der Waals surface area contributed by atoms with Gasteiger partial charge in [0.15, 0.2) is 0 Å². The molecule has 114 valence electrons. The van der Waals surface area contributed by atoms with Crippen molar-refractivity contribution in [2.75, 3.05) is 0 Å². The Morgan fingerprint density at radius 2 is 1.75 bits per heavy atom. The summed E-state index contributed by atoms with van der Waals surface area (Å²) in [7, 11) is -3.88. The van der Waals surface area contributed by atoms with Gasteiger partial charge in [-0.05, 0) is 43.9 Å². The van der Waals surface area contributed by atoms with Crippen LogP contribution in [0.15, 0.2) is 27.6 Å². The van der Waals surface area contributed by atoms with Gasteiger partial charge >= 0.3 is 0 Å². The van der Waals surface area contributed by atoms with Crippen LogP contribution in [0.4, 0.5) is 4.39 Å². The zero-order chi connectivity index (χ0) is 15.8. The maximum atomic E-state index is 13.8. The van der Waals surface area contributed by atoms with E-state index in [2.05, 4.69) is 20.7 Å². The van der Waals surface area contributed by atoms with Crippen LogP contribution in [-0.2, 0) is 10.0 Å². The van der Waals surface area contributed by atoms with Crippen LogP contribution in [0, 0.1) is 11.2 Å². The number of halogens is 2. The standard InChI is InChI=1S/C14H21BrFNO2S/c1-13(2,3)9-14(4,5)17-20(18,19)12-7-6-10(15)8-11(12)16/h6-8,17H,9H2,1-5H3. The maximum absolute atomic E-state index is 13.8. The summed E-state index contributed by atoms with van der Waals surface area (Å²) in [5.41, 5.74) is -0.694. The molecule has 0 unspecified atom stereocenters. The highest BCUT2D eigenvalue weighted by atomic mass is 79.9. The minimum atomic E-state index is -3.88. The number of benzene rings is 1. The van der Waals surface area contributed by atoms with Crippen LogP contribution in [0.1, 0.15) is 41.0 Å². The normalized spacial score (nSPS) is 13.6. The van der Waals surface area contributed by atoms with E-state index in [1.54, 1.807) is 13.8 Å². The van der Waals surface area contributed by atoms with E-state index in [1.165, 1.54) is 12.1 Å². The molecule has 0 heterocycles. The number of hydrogen-bond acceptors (Lipinski definition) is 2. The summed E-state index contributed by atoms with van der Waals surface area (Å²) in [5, 5.41) is 0. The molecule has 0 aliphatic heterocycles. The zero-order valence-electron chi connectivity index (χ0n) is 12.4. The van der Waals surface area contributed by atoms with Crippen molar-refractivity contribution >= 4 is 26.0 Å². The van der Waals surface area contributed by atoms with E-state index in [9.17, 15) is 12.8 Å². The zero-order valence-corrected chi connectivity index (χ0v) is 14.8. The summed E-state index contributed by atoms with van der Waals surface area (Å²) in [4.78, 5) is -0.331. The Balaban J connectivity index is 3.06. The van der Waals surface area contributed by atoms with Gasteiger partial charge in [-0.3, -0.25) is 0 Å². The third-order valence-corrected chi connectivity index (χ3v) is 4.79. The third-order valence-electron chi connectivity index (χ3n) is 2.57. The maximum Gasteiger partial charge on any atom is 0.243 e. The molecule has 0 aliphatic carbocycles. The van der Waals surface area contributed by atoms with E-state index < -0.39 is 21.4 Å². The van der Waals surface area contributed by atoms with E-state index in [0.29, 0.717) is 10.9 Å². The van der Waals surface area contributed by atoms with Crippen LogP contribution in [-0.4, -0.2) is 14.0 Å². The third kappa shape index (κ3) is 5.14. The van der Waals surface area contributed by atoms with E-state index >= 15 is 0 Å². The summed E-state index contributed by atoms with van der Waals surface area (Å²) >= 11 is 3.11. The molecule has 0 saturated carbocycles. The molecule has 0 aliphatic rings. The van der Waals surface area contributed by atoms with Crippen molar-refractivity contribution in [3.8, 4) is 0 Å². The van der Waals surface area contributed by atoms with E-state index in [-0.39, 0.29) is 10.3 Å². The molecule has 0 atom stereocenters. The Morgan fingerprint density at radius 3 is 2.20 bits per heavy atom. The molecule has 20 heavy (non-hydrogen) atoms. The Bertz CT molecular complexity index is 592. The first-order valence-corrected chi connectivity index (χ1v) is 8.59. The number of rotatable bonds is 4. The molecule has 1 N–H and O–H groups in total. The van der Waals surface area contributed by atoms with Gasteiger partial charge in [0, 0.05) is 10.0 Å². The minimum absolute atomic E-state index is 0.0374. The Hall–Kier alpha value is -0.460. The van der Waals surface area contributed by atoms with Crippen LogP contribution < -0.4 is 4.72 Å². The van der Waals surface area contributed by atoms with Crippen LogP contribution in [0.5, 0.6) is 0 Å². The smallest absolute Gasteiger partial charge is 0.207 e. The Kier molecular flexibility index (Phi) is 5.04. The molecule has 0 fully saturated rings. The average molecular weight is 366 g/mol. The van der Waals surface area contributed by atoms with E-state index in [4.69, 9.17) is 0 Å². The quantitative estimate of drug-likeness (QED) is 0.873. The lowest BCUT2D eigenvalue weighted by Gasteiger charge is -2.33. The molecule has 1 aromatic carbocycles. The topological polar surface area (TPSA) is 46.2 Å². The van der Waals surface area contributed by atoms with Gasteiger partial charge in [0.05, 0.1) is 0 Å². The predicted octanol–water partition coefficient (Wildman–Crippen LogP) is 4.08. The molecular formula is C14H21BrFNO2S. The first-order chi connectivity index (χ1) is 8.82. The molecule has 0 aromatic heterocycles. The second-order valence-electron chi connectivity index (χ2n) is 6.80.